The number of aromatic hydroxyl groups is 1. The van der Waals surface area contributed by atoms with Crippen molar-refractivity contribution in [3.8, 4) is 17.0 Å². The molecule has 1 aliphatic rings. The van der Waals surface area contributed by atoms with E-state index in [0.717, 1.165) is 41.2 Å². The lowest BCUT2D eigenvalue weighted by Crippen LogP contribution is -2.43. The van der Waals surface area contributed by atoms with Crippen molar-refractivity contribution >= 4 is 11.7 Å². The molecular weight excluding hydrogens is 338 g/mol. The normalized spacial score (nSPS) is 15.4. The molecule has 3 aromatic rings. The van der Waals surface area contributed by atoms with Gasteiger partial charge in [0.15, 0.2) is 6.04 Å². The second kappa shape index (κ2) is 7.19. The lowest BCUT2D eigenvalue weighted by atomic mass is 10.1. The molecule has 2 aromatic carbocycles. The lowest BCUT2D eigenvalue weighted by Gasteiger charge is -2.07. The van der Waals surface area contributed by atoms with E-state index >= 15 is 0 Å². The summed E-state index contributed by atoms with van der Waals surface area (Å²) in [5, 5.41) is 12.9. The van der Waals surface area contributed by atoms with Gasteiger partial charge in [0.1, 0.15) is 23.3 Å². The van der Waals surface area contributed by atoms with Crippen molar-refractivity contribution in [3.05, 3.63) is 72.1 Å². The Morgan fingerprint density at radius 1 is 1.11 bits per heavy atom. The van der Waals surface area contributed by atoms with Crippen molar-refractivity contribution in [2.45, 2.75) is 32.2 Å². The maximum Gasteiger partial charge on any atom is 0.359 e. The Labute approximate surface area is 158 Å². The van der Waals surface area contributed by atoms with E-state index in [1.165, 1.54) is 0 Å². The van der Waals surface area contributed by atoms with E-state index in [1.807, 2.05) is 30.3 Å². The van der Waals surface area contributed by atoms with Gasteiger partial charge in [0.05, 0.1) is 0 Å². The number of benzene rings is 2. The zero-order valence-electron chi connectivity index (χ0n) is 15.2. The minimum atomic E-state index is -0.207. The zero-order valence-corrected chi connectivity index (χ0v) is 15.2. The van der Waals surface area contributed by atoms with E-state index in [0.29, 0.717) is 6.42 Å². The van der Waals surface area contributed by atoms with Crippen LogP contribution in [0, 0.1) is 0 Å². The number of nitrogens with one attached hydrogen (secondary N) is 1. The molecule has 0 bridgehead atoms. The van der Waals surface area contributed by atoms with Gasteiger partial charge in [0, 0.05) is 12.0 Å². The molecular formula is C22H22N3O2+. The smallest absolute Gasteiger partial charge is 0.359 e. The highest BCUT2D eigenvalue weighted by atomic mass is 16.3. The number of anilines is 1. The van der Waals surface area contributed by atoms with E-state index in [2.05, 4.69) is 24.4 Å². The highest BCUT2D eigenvalue weighted by Gasteiger charge is 2.40. The van der Waals surface area contributed by atoms with Crippen LogP contribution in [0.15, 0.2) is 60.8 Å². The Morgan fingerprint density at radius 3 is 2.56 bits per heavy atom. The van der Waals surface area contributed by atoms with Gasteiger partial charge in [-0.3, -0.25) is 5.32 Å². The topological polar surface area (TPSA) is 66.1 Å². The van der Waals surface area contributed by atoms with E-state index < -0.39 is 0 Å². The largest absolute Gasteiger partial charge is 0.508 e. The molecule has 5 heteroatoms. The molecule has 0 radical (unpaired) electrons. The van der Waals surface area contributed by atoms with Crippen LogP contribution in [0.25, 0.3) is 11.3 Å². The Kier molecular flexibility index (Phi) is 4.59. The van der Waals surface area contributed by atoms with E-state index in [1.54, 1.807) is 22.9 Å². The molecule has 0 fully saturated rings. The number of nitrogens with zero attached hydrogens (tertiary/aromatic N) is 2. The number of fused-ring (bicyclic) bond motifs is 1. The van der Waals surface area contributed by atoms with Crippen molar-refractivity contribution in [1.29, 1.82) is 0 Å². The summed E-state index contributed by atoms with van der Waals surface area (Å²) >= 11 is 0. The average molecular weight is 360 g/mol. The SMILES string of the molecule is CCCC1Nc2c(Cc3ccccc3)nc(-c3ccc(O)cc3)c[n+]2C1=O. The second-order valence-electron chi connectivity index (χ2n) is 6.82. The van der Waals surface area contributed by atoms with E-state index in [4.69, 9.17) is 4.98 Å². The lowest BCUT2D eigenvalue weighted by molar-refractivity contribution is -0.552. The van der Waals surface area contributed by atoms with Crippen LogP contribution in [-0.4, -0.2) is 22.0 Å². The summed E-state index contributed by atoms with van der Waals surface area (Å²) in [5.41, 5.74) is 3.57. The van der Waals surface area contributed by atoms with Gasteiger partial charge in [-0.05, 0) is 36.2 Å². The van der Waals surface area contributed by atoms with Crippen molar-refractivity contribution in [1.82, 2.24) is 4.98 Å². The van der Waals surface area contributed by atoms with Crippen LogP contribution in [0.3, 0.4) is 0 Å². The summed E-state index contributed by atoms with van der Waals surface area (Å²) < 4.78 is 1.70. The first-order valence-electron chi connectivity index (χ1n) is 9.25. The standard InChI is InChI=1S/C22H21N3O2/c1-2-6-18-22(27)25-14-20(16-9-11-17(26)12-10-16)23-19(21(25)24-18)13-15-7-4-3-5-8-15/h3-5,7-12,14,18,26H,2,6,13H2,1H3/p+1. The summed E-state index contributed by atoms with van der Waals surface area (Å²) in [6.07, 6.45) is 4.16. The van der Waals surface area contributed by atoms with Crippen LogP contribution >= 0.6 is 0 Å². The Balaban J connectivity index is 1.80. The van der Waals surface area contributed by atoms with Gasteiger partial charge in [-0.25, -0.2) is 9.78 Å². The maximum absolute atomic E-state index is 12.9. The number of hydrogen-bond acceptors (Lipinski definition) is 4. The van der Waals surface area contributed by atoms with Gasteiger partial charge in [-0.1, -0.05) is 43.7 Å². The Morgan fingerprint density at radius 2 is 1.85 bits per heavy atom. The minimum absolute atomic E-state index is 0.0589. The third-order valence-electron chi connectivity index (χ3n) is 4.82. The third kappa shape index (κ3) is 3.40. The fraction of sp³-hybridized carbons (Fsp3) is 0.227. The van der Waals surface area contributed by atoms with Gasteiger partial charge in [0.25, 0.3) is 0 Å². The van der Waals surface area contributed by atoms with Crippen LogP contribution in [0.5, 0.6) is 5.75 Å². The van der Waals surface area contributed by atoms with Crippen molar-refractivity contribution in [3.63, 3.8) is 0 Å². The second-order valence-corrected chi connectivity index (χ2v) is 6.82. The third-order valence-corrected chi connectivity index (χ3v) is 4.82. The number of phenols is 1. The number of carbonyl (C=O) groups is 1. The first-order valence-corrected chi connectivity index (χ1v) is 9.25. The highest BCUT2D eigenvalue weighted by Crippen LogP contribution is 2.25. The number of aromatic nitrogens is 2. The average Bonchev–Trinajstić information content (AvgIpc) is 3.00. The van der Waals surface area contributed by atoms with Crippen molar-refractivity contribution in [2.24, 2.45) is 0 Å². The van der Waals surface area contributed by atoms with Crippen molar-refractivity contribution < 1.29 is 14.5 Å². The molecule has 2 heterocycles. The molecule has 0 saturated carbocycles. The summed E-state index contributed by atoms with van der Waals surface area (Å²) in [6, 6.07) is 16.8. The van der Waals surface area contributed by atoms with Crippen LogP contribution in [0.2, 0.25) is 0 Å². The first kappa shape index (κ1) is 17.2. The molecule has 1 aliphatic heterocycles. The molecule has 2 N–H and O–H groups in total. The molecule has 27 heavy (non-hydrogen) atoms. The fourth-order valence-electron chi connectivity index (χ4n) is 3.44. The molecule has 0 saturated heterocycles. The van der Waals surface area contributed by atoms with Gasteiger partial charge < -0.3 is 5.11 Å². The summed E-state index contributed by atoms with van der Waals surface area (Å²) in [5.74, 6) is 1.05. The first-order chi connectivity index (χ1) is 13.2. The molecule has 1 atom stereocenters. The summed E-state index contributed by atoms with van der Waals surface area (Å²) in [7, 11) is 0. The van der Waals surface area contributed by atoms with E-state index in [-0.39, 0.29) is 17.7 Å². The summed E-state index contributed by atoms with van der Waals surface area (Å²) in [6.45, 7) is 2.08. The number of phenolic OH excluding ortho intramolecular Hbond substituents is 1. The fourth-order valence-corrected chi connectivity index (χ4v) is 3.44. The van der Waals surface area contributed by atoms with E-state index in [9.17, 15) is 9.90 Å². The molecule has 136 valence electrons. The Hall–Kier alpha value is -3.21. The van der Waals surface area contributed by atoms with Gasteiger partial charge >= 0.3 is 11.7 Å². The Bertz CT molecular complexity index is 969. The van der Waals surface area contributed by atoms with Crippen LogP contribution in [0.1, 0.15) is 35.8 Å². The van der Waals surface area contributed by atoms with Crippen LogP contribution in [0.4, 0.5) is 5.82 Å². The quantitative estimate of drug-likeness (QED) is 0.683. The molecule has 1 aromatic heterocycles. The molecule has 5 nitrogen and oxygen atoms in total. The highest BCUT2D eigenvalue weighted by molar-refractivity contribution is 5.82. The van der Waals surface area contributed by atoms with Gasteiger partial charge in [-0.2, -0.15) is 4.57 Å². The predicted molar refractivity (Wildman–Crippen MR) is 104 cm³/mol. The van der Waals surface area contributed by atoms with Crippen LogP contribution < -0.4 is 9.88 Å². The minimum Gasteiger partial charge on any atom is -0.508 e. The molecule has 4 rings (SSSR count). The van der Waals surface area contributed by atoms with Crippen LogP contribution in [-0.2, 0) is 6.42 Å². The van der Waals surface area contributed by atoms with Gasteiger partial charge in [-0.15, -0.1) is 0 Å². The number of hydrogen-bond donors (Lipinski definition) is 2. The summed E-state index contributed by atoms with van der Waals surface area (Å²) in [4.78, 5) is 17.7. The molecule has 0 spiro atoms. The number of rotatable bonds is 5. The zero-order chi connectivity index (χ0) is 18.8. The molecule has 0 amide bonds. The molecule has 0 aliphatic carbocycles. The molecule has 1 unspecified atom stereocenters. The van der Waals surface area contributed by atoms with Gasteiger partial charge in [0.2, 0.25) is 0 Å². The predicted octanol–water partition coefficient (Wildman–Crippen LogP) is 3.57. The van der Waals surface area contributed by atoms with Crippen molar-refractivity contribution in [2.75, 3.05) is 5.32 Å². The monoisotopic (exact) mass is 360 g/mol. The number of carbonyl (C=O) groups excluding carboxylic acids is 1. The maximum atomic E-state index is 12.9.